The van der Waals surface area contributed by atoms with Gasteiger partial charge < -0.3 is 15.3 Å². The van der Waals surface area contributed by atoms with E-state index in [-0.39, 0.29) is 11.9 Å². The third-order valence-corrected chi connectivity index (χ3v) is 0.337. The summed E-state index contributed by atoms with van der Waals surface area (Å²) in [5.41, 5.74) is 0. The fraction of sp³-hybridized carbons (Fsp3) is 0.750. The summed E-state index contributed by atoms with van der Waals surface area (Å²) in [6.07, 6.45) is 0. The van der Waals surface area contributed by atoms with Gasteiger partial charge in [0.2, 0.25) is 5.79 Å². The number of rotatable bonds is 2. The van der Waals surface area contributed by atoms with Crippen molar-refractivity contribution in [1.29, 1.82) is 0 Å². The zero-order valence-electron chi connectivity index (χ0n) is 4.84. The Bertz CT molecular complexity index is 62.9. The first kappa shape index (κ1) is 10.4. The summed E-state index contributed by atoms with van der Waals surface area (Å²) in [5, 5.41) is 8.56. The van der Waals surface area contributed by atoms with Gasteiger partial charge in [0.25, 0.3) is 6.47 Å². The van der Waals surface area contributed by atoms with E-state index in [9.17, 15) is 4.79 Å². The van der Waals surface area contributed by atoms with Crippen molar-refractivity contribution in [3.05, 3.63) is 0 Å². The van der Waals surface area contributed by atoms with E-state index in [1.807, 2.05) is 0 Å². The molecule has 4 heteroatoms. The van der Waals surface area contributed by atoms with E-state index in [0.29, 0.717) is 0 Å². The average molecular weight is 122 g/mol. The van der Waals surface area contributed by atoms with Gasteiger partial charge in [0, 0.05) is 13.8 Å². The predicted molar refractivity (Wildman–Crippen MR) is 27.1 cm³/mol. The van der Waals surface area contributed by atoms with Crippen molar-refractivity contribution < 1.29 is 20.1 Å². The molecule has 0 fully saturated rings. The molecule has 50 valence electrons. The number of aliphatic hydroxyl groups is 1. The molecule has 0 radical (unpaired) electrons. The summed E-state index contributed by atoms with van der Waals surface area (Å²) < 4.78 is 4.10. The van der Waals surface area contributed by atoms with E-state index in [2.05, 4.69) is 4.74 Å². The van der Waals surface area contributed by atoms with Crippen molar-refractivity contribution in [3.8, 4) is 0 Å². The van der Waals surface area contributed by atoms with E-state index >= 15 is 0 Å². The molecule has 0 rings (SSSR count). The molecule has 0 aromatic rings. The average Bonchev–Trinajstić information content (AvgIpc) is 1.30. The van der Waals surface area contributed by atoms with Crippen LogP contribution >= 0.6 is 0 Å². The Hall–Kier alpha value is -0.610. The van der Waals surface area contributed by atoms with Gasteiger partial charge in [-0.15, -0.1) is 0 Å². The van der Waals surface area contributed by atoms with Crippen LogP contribution in [-0.4, -0.2) is 22.8 Å². The molecule has 0 atom stereocenters. The summed E-state index contributed by atoms with van der Waals surface area (Å²) in [4.78, 5) is 9.44. The normalized spacial score (nSPS) is 9.38. The van der Waals surface area contributed by atoms with Crippen LogP contribution in [0.2, 0.25) is 0 Å². The van der Waals surface area contributed by atoms with E-state index in [1.54, 1.807) is 0 Å². The van der Waals surface area contributed by atoms with Gasteiger partial charge in [-0.25, -0.2) is 0 Å². The van der Waals surface area contributed by atoms with Crippen molar-refractivity contribution in [3.63, 3.8) is 0 Å². The topological polar surface area (TPSA) is 78.0 Å². The van der Waals surface area contributed by atoms with Gasteiger partial charge >= 0.3 is 0 Å². The molecule has 4 nitrogen and oxygen atoms in total. The summed E-state index contributed by atoms with van der Waals surface area (Å²) in [6.45, 7) is 2.96. The van der Waals surface area contributed by atoms with E-state index in [4.69, 9.17) is 5.11 Å². The molecule has 0 aromatic heterocycles. The molecule has 0 spiro atoms. The number of carbonyl (C=O) groups excluding carboxylic acids is 1. The SMILES string of the molecule is CC(C)(O)OC=O.O. The standard InChI is InChI=1S/C4H8O3.H2O/c1-4(2,6)7-3-5;/h3,6H,1-2H3;1H2. The number of hydrogen-bond acceptors (Lipinski definition) is 3. The molecule has 0 unspecified atom stereocenters. The molecule has 0 amide bonds. The Labute approximate surface area is 47.4 Å². The first-order valence-corrected chi connectivity index (χ1v) is 1.90. The highest BCUT2D eigenvalue weighted by atomic mass is 16.6. The smallest absolute Gasteiger partial charge is 0.295 e. The lowest BCUT2D eigenvalue weighted by Gasteiger charge is -2.12. The highest BCUT2D eigenvalue weighted by Gasteiger charge is 2.10. The minimum Gasteiger partial charge on any atom is -0.436 e. The van der Waals surface area contributed by atoms with Gasteiger partial charge in [-0.3, -0.25) is 4.79 Å². The van der Waals surface area contributed by atoms with Crippen LogP contribution in [0, 0.1) is 0 Å². The van der Waals surface area contributed by atoms with Crippen LogP contribution < -0.4 is 0 Å². The van der Waals surface area contributed by atoms with Crippen LogP contribution in [0.15, 0.2) is 0 Å². The lowest BCUT2D eigenvalue weighted by Crippen LogP contribution is -2.21. The molecular formula is C4H10O4. The highest BCUT2D eigenvalue weighted by Crippen LogP contribution is 1.98. The molecule has 8 heavy (non-hydrogen) atoms. The molecule has 0 aliphatic carbocycles. The third kappa shape index (κ3) is 9.04. The minimum atomic E-state index is -1.32. The van der Waals surface area contributed by atoms with Crippen LogP contribution in [0.1, 0.15) is 13.8 Å². The Kier molecular flexibility index (Phi) is 4.41. The van der Waals surface area contributed by atoms with Crippen LogP contribution in [-0.2, 0) is 9.53 Å². The second-order valence-electron chi connectivity index (χ2n) is 1.66. The minimum absolute atomic E-state index is 0. The monoisotopic (exact) mass is 122 g/mol. The van der Waals surface area contributed by atoms with Crippen molar-refractivity contribution >= 4 is 6.47 Å². The van der Waals surface area contributed by atoms with E-state index in [0.717, 1.165) is 0 Å². The van der Waals surface area contributed by atoms with Crippen molar-refractivity contribution in [2.24, 2.45) is 0 Å². The van der Waals surface area contributed by atoms with Gasteiger partial charge in [0.05, 0.1) is 0 Å². The van der Waals surface area contributed by atoms with Gasteiger partial charge in [-0.1, -0.05) is 0 Å². The van der Waals surface area contributed by atoms with Crippen LogP contribution in [0.4, 0.5) is 0 Å². The largest absolute Gasteiger partial charge is 0.436 e. The quantitative estimate of drug-likeness (QED) is 0.379. The van der Waals surface area contributed by atoms with Gasteiger partial charge in [0.1, 0.15) is 0 Å². The fourth-order valence-corrected chi connectivity index (χ4v) is 0.118. The van der Waals surface area contributed by atoms with Crippen molar-refractivity contribution in [2.75, 3.05) is 0 Å². The molecule has 3 N–H and O–H groups in total. The van der Waals surface area contributed by atoms with Crippen LogP contribution in [0.25, 0.3) is 0 Å². The van der Waals surface area contributed by atoms with Gasteiger partial charge in [-0.2, -0.15) is 0 Å². The molecular weight excluding hydrogens is 112 g/mol. The molecule has 0 aromatic carbocycles. The first-order valence-electron chi connectivity index (χ1n) is 1.90. The summed E-state index contributed by atoms with van der Waals surface area (Å²) in [6, 6.07) is 0. The molecule has 0 aliphatic rings. The first-order chi connectivity index (χ1) is 3.06. The number of carbonyl (C=O) groups is 1. The van der Waals surface area contributed by atoms with Gasteiger partial charge in [-0.05, 0) is 0 Å². The van der Waals surface area contributed by atoms with Crippen molar-refractivity contribution in [2.45, 2.75) is 19.6 Å². The maximum atomic E-state index is 9.44. The molecule has 0 aliphatic heterocycles. The molecule has 0 saturated carbocycles. The maximum Gasteiger partial charge on any atom is 0.295 e. The summed E-state index contributed by atoms with van der Waals surface area (Å²) >= 11 is 0. The van der Waals surface area contributed by atoms with Crippen LogP contribution in [0.3, 0.4) is 0 Å². The Balaban J connectivity index is 0. The second-order valence-corrected chi connectivity index (χ2v) is 1.66. The Morgan fingerprint density at radius 3 is 2.00 bits per heavy atom. The molecule has 0 saturated heterocycles. The number of ether oxygens (including phenoxy) is 1. The molecule has 0 bridgehead atoms. The lowest BCUT2D eigenvalue weighted by molar-refractivity contribution is -0.179. The van der Waals surface area contributed by atoms with Crippen LogP contribution in [0.5, 0.6) is 0 Å². The van der Waals surface area contributed by atoms with Gasteiger partial charge in [0.15, 0.2) is 0 Å². The lowest BCUT2D eigenvalue weighted by atomic mass is 10.4. The maximum absolute atomic E-state index is 9.44. The predicted octanol–water partition coefficient (Wildman–Crippen LogP) is -0.937. The number of hydrogen-bond donors (Lipinski definition) is 1. The van der Waals surface area contributed by atoms with E-state index in [1.165, 1.54) is 13.8 Å². The molecule has 0 heterocycles. The highest BCUT2D eigenvalue weighted by molar-refractivity contribution is 5.37. The fourth-order valence-electron chi connectivity index (χ4n) is 0.118. The summed E-state index contributed by atoms with van der Waals surface area (Å²) in [7, 11) is 0. The Morgan fingerprint density at radius 2 is 2.00 bits per heavy atom. The zero-order chi connectivity index (χ0) is 5.91. The zero-order valence-corrected chi connectivity index (χ0v) is 4.84. The van der Waals surface area contributed by atoms with Crippen molar-refractivity contribution in [1.82, 2.24) is 0 Å². The Morgan fingerprint density at radius 1 is 1.62 bits per heavy atom. The summed E-state index contributed by atoms with van der Waals surface area (Å²) in [5.74, 6) is -1.32. The van der Waals surface area contributed by atoms with E-state index < -0.39 is 5.79 Å². The third-order valence-electron chi connectivity index (χ3n) is 0.337. The second kappa shape index (κ2) is 3.40.